The van der Waals surface area contributed by atoms with Crippen LogP contribution in [0.15, 0.2) is 72.8 Å². The minimum absolute atomic E-state index is 0.822. The smallest absolute Gasteiger partial charge is 0.0408 e. The molecule has 1 heteroatoms. The van der Waals surface area contributed by atoms with Crippen molar-refractivity contribution in [2.45, 2.75) is 25.7 Å². The van der Waals surface area contributed by atoms with E-state index in [4.69, 9.17) is 0 Å². The lowest BCUT2D eigenvalue weighted by Gasteiger charge is -2.35. The van der Waals surface area contributed by atoms with Crippen molar-refractivity contribution in [2.24, 2.45) is 5.92 Å². The number of anilines is 1. The Balaban J connectivity index is 1.32. The minimum atomic E-state index is 0.822. The average molecular weight is 339 g/mol. The van der Waals surface area contributed by atoms with Crippen LogP contribution in [0.25, 0.3) is 11.1 Å². The Morgan fingerprint density at radius 3 is 2.31 bits per heavy atom. The van der Waals surface area contributed by atoms with Gasteiger partial charge in [0.2, 0.25) is 0 Å². The van der Waals surface area contributed by atoms with Gasteiger partial charge < -0.3 is 4.90 Å². The monoisotopic (exact) mass is 339 g/mol. The highest BCUT2D eigenvalue weighted by Crippen LogP contribution is 2.42. The molecular weight excluding hydrogens is 314 g/mol. The summed E-state index contributed by atoms with van der Waals surface area (Å²) in [5.41, 5.74) is 8.86. The molecule has 0 saturated carbocycles. The maximum atomic E-state index is 2.63. The normalized spacial score (nSPS) is 16.4. The number of nitrogens with zero attached hydrogens (tertiary/aromatic N) is 1. The number of hydrogen-bond donors (Lipinski definition) is 0. The van der Waals surface area contributed by atoms with Crippen LogP contribution in [-0.4, -0.2) is 13.1 Å². The maximum Gasteiger partial charge on any atom is 0.0408 e. The van der Waals surface area contributed by atoms with E-state index in [2.05, 4.69) is 77.7 Å². The molecule has 0 aromatic heterocycles. The standard InChI is InChI=1S/C25H25N/c1-2-7-19(8-3-1)17-20-13-15-26(16-14-20)25-12-6-11-23-22-10-5-4-9-21(22)18-24(23)25/h1-12,20H,13-18H2. The van der Waals surface area contributed by atoms with Crippen LogP contribution < -0.4 is 4.90 Å². The lowest BCUT2D eigenvalue weighted by molar-refractivity contribution is 0.403. The lowest BCUT2D eigenvalue weighted by Crippen LogP contribution is -2.34. The topological polar surface area (TPSA) is 3.24 Å². The highest BCUT2D eigenvalue weighted by Gasteiger charge is 2.25. The van der Waals surface area contributed by atoms with Gasteiger partial charge in [0, 0.05) is 25.2 Å². The van der Waals surface area contributed by atoms with Crippen LogP contribution in [0.5, 0.6) is 0 Å². The van der Waals surface area contributed by atoms with Gasteiger partial charge in [-0.15, -0.1) is 0 Å². The van der Waals surface area contributed by atoms with E-state index >= 15 is 0 Å². The van der Waals surface area contributed by atoms with Crippen LogP contribution in [0.3, 0.4) is 0 Å². The molecule has 0 radical (unpaired) electrons. The number of fused-ring (bicyclic) bond motifs is 3. The summed E-state index contributed by atoms with van der Waals surface area (Å²) in [5.74, 6) is 0.822. The Bertz CT molecular complexity index is 904. The SMILES string of the molecule is c1ccc(CC2CCN(c3cccc4c3Cc3ccccc3-4)CC2)cc1. The predicted octanol–water partition coefficient (Wildman–Crippen LogP) is 5.72. The zero-order valence-electron chi connectivity index (χ0n) is 15.2. The Hall–Kier alpha value is -2.54. The van der Waals surface area contributed by atoms with Crippen LogP contribution in [0.1, 0.15) is 29.5 Å². The van der Waals surface area contributed by atoms with Gasteiger partial charge in [-0.25, -0.2) is 0 Å². The Morgan fingerprint density at radius 2 is 1.46 bits per heavy atom. The molecule has 1 nitrogen and oxygen atoms in total. The molecule has 0 bridgehead atoms. The van der Waals surface area contributed by atoms with Crippen LogP contribution in [0.2, 0.25) is 0 Å². The molecule has 0 unspecified atom stereocenters. The first-order valence-corrected chi connectivity index (χ1v) is 9.87. The fraction of sp³-hybridized carbons (Fsp3) is 0.280. The van der Waals surface area contributed by atoms with Gasteiger partial charge in [0.1, 0.15) is 0 Å². The Labute approximate surface area is 156 Å². The van der Waals surface area contributed by atoms with Gasteiger partial charge in [0.05, 0.1) is 0 Å². The highest BCUT2D eigenvalue weighted by molar-refractivity contribution is 5.82. The van der Waals surface area contributed by atoms with Gasteiger partial charge in [-0.1, -0.05) is 66.7 Å². The molecule has 1 heterocycles. The molecule has 3 aromatic rings. The Morgan fingerprint density at radius 1 is 0.731 bits per heavy atom. The van der Waals surface area contributed by atoms with Crippen molar-refractivity contribution in [2.75, 3.05) is 18.0 Å². The van der Waals surface area contributed by atoms with Crippen molar-refractivity contribution in [3.63, 3.8) is 0 Å². The number of piperidine rings is 1. The minimum Gasteiger partial charge on any atom is -0.371 e. The zero-order chi connectivity index (χ0) is 17.3. The van der Waals surface area contributed by atoms with Crippen LogP contribution in [0.4, 0.5) is 5.69 Å². The van der Waals surface area contributed by atoms with Crippen molar-refractivity contribution >= 4 is 5.69 Å². The number of rotatable bonds is 3. The molecule has 5 rings (SSSR count). The average Bonchev–Trinajstić information content (AvgIpc) is 3.08. The molecule has 1 saturated heterocycles. The summed E-state index contributed by atoms with van der Waals surface area (Å²) in [7, 11) is 0. The van der Waals surface area contributed by atoms with E-state index < -0.39 is 0 Å². The van der Waals surface area contributed by atoms with Gasteiger partial charge in [-0.3, -0.25) is 0 Å². The van der Waals surface area contributed by atoms with Crippen molar-refractivity contribution in [3.05, 3.63) is 89.5 Å². The van der Waals surface area contributed by atoms with E-state index in [1.807, 2.05) is 0 Å². The van der Waals surface area contributed by atoms with E-state index in [0.29, 0.717) is 0 Å². The van der Waals surface area contributed by atoms with Gasteiger partial charge in [0.25, 0.3) is 0 Å². The van der Waals surface area contributed by atoms with Crippen LogP contribution in [-0.2, 0) is 12.8 Å². The van der Waals surface area contributed by atoms with E-state index in [1.54, 1.807) is 0 Å². The highest BCUT2D eigenvalue weighted by atomic mass is 15.1. The molecule has 1 fully saturated rings. The summed E-state index contributed by atoms with van der Waals surface area (Å²) in [5, 5.41) is 0. The van der Waals surface area contributed by atoms with Crippen LogP contribution in [0, 0.1) is 5.92 Å². The Kier molecular flexibility index (Phi) is 4.01. The number of benzene rings is 3. The molecule has 1 aliphatic heterocycles. The van der Waals surface area contributed by atoms with E-state index in [0.717, 1.165) is 12.3 Å². The van der Waals surface area contributed by atoms with E-state index in [1.165, 1.54) is 65.9 Å². The van der Waals surface area contributed by atoms with Gasteiger partial charge in [0.15, 0.2) is 0 Å². The quantitative estimate of drug-likeness (QED) is 0.461. The fourth-order valence-electron chi connectivity index (χ4n) is 4.76. The van der Waals surface area contributed by atoms with Gasteiger partial charge in [-0.05, 0) is 59.1 Å². The third-order valence-electron chi connectivity index (χ3n) is 6.15. The summed E-state index contributed by atoms with van der Waals surface area (Å²) in [6.07, 6.45) is 4.91. The van der Waals surface area contributed by atoms with E-state index in [-0.39, 0.29) is 0 Å². The molecule has 3 aromatic carbocycles. The molecule has 2 aliphatic rings. The molecule has 26 heavy (non-hydrogen) atoms. The van der Waals surface area contributed by atoms with Crippen molar-refractivity contribution in [1.29, 1.82) is 0 Å². The molecule has 0 amide bonds. The molecule has 0 atom stereocenters. The summed E-state index contributed by atoms with van der Waals surface area (Å²) in [4.78, 5) is 2.63. The van der Waals surface area contributed by atoms with E-state index in [9.17, 15) is 0 Å². The molecular formula is C25H25N. The predicted molar refractivity (Wildman–Crippen MR) is 110 cm³/mol. The summed E-state index contributed by atoms with van der Waals surface area (Å²) in [6, 6.07) is 26.7. The molecule has 130 valence electrons. The van der Waals surface area contributed by atoms with Crippen molar-refractivity contribution in [1.82, 2.24) is 0 Å². The largest absolute Gasteiger partial charge is 0.371 e. The second kappa shape index (κ2) is 6.64. The van der Waals surface area contributed by atoms with Gasteiger partial charge >= 0.3 is 0 Å². The molecule has 1 aliphatic carbocycles. The second-order valence-corrected chi connectivity index (χ2v) is 7.76. The molecule has 0 spiro atoms. The first kappa shape index (κ1) is 15.7. The summed E-state index contributed by atoms with van der Waals surface area (Å²) >= 11 is 0. The number of hydrogen-bond acceptors (Lipinski definition) is 1. The van der Waals surface area contributed by atoms with Crippen LogP contribution >= 0.6 is 0 Å². The lowest BCUT2D eigenvalue weighted by atomic mass is 9.89. The third-order valence-corrected chi connectivity index (χ3v) is 6.15. The maximum absolute atomic E-state index is 2.63. The van der Waals surface area contributed by atoms with Gasteiger partial charge in [-0.2, -0.15) is 0 Å². The fourth-order valence-corrected chi connectivity index (χ4v) is 4.76. The first-order valence-electron chi connectivity index (χ1n) is 9.87. The summed E-state index contributed by atoms with van der Waals surface area (Å²) < 4.78 is 0. The zero-order valence-corrected chi connectivity index (χ0v) is 15.2. The van der Waals surface area contributed by atoms with Crippen molar-refractivity contribution in [3.8, 4) is 11.1 Å². The second-order valence-electron chi connectivity index (χ2n) is 7.76. The first-order chi connectivity index (χ1) is 12.9. The molecule has 0 N–H and O–H groups in total. The summed E-state index contributed by atoms with van der Waals surface area (Å²) in [6.45, 7) is 2.37. The third kappa shape index (κ3) is 2.82. The van der Waals surface area contributed by atoms with Crippen molar-refractivity contribution < 1.29 is 0 Å².